The molecule has 2 aromatic rings. The SMILES string of the molecule is CC(CN)CCc1nn2c(C3CCC3)nnc2s1. The maximum Gasteiger partial charge on any atom is 0.234 e. The molecule has 2 heterocycles. The summed E-state index contributed by atoms with van der Waals surface area (Å²) in [5.74, 6) is 2.20. The molecule has 0 radical (unpaired) electrons. The van der Waals surface area contributed by atoms with Gasteiger partial charge < -0.3 is 5.73 Å². The van der Waals surface area contributed by atoms with Crippen LogP contribution in [0.1, 0.15) is 49.4 Å². The lowest BCUT2D eigenvalue weighted by molar-refractivity contribution is 0.394. The van der Waals surface area contributed by atoms with Gasteiger partial charge in [-0.3, -0.25) is 0 Å². The Morgan fingerprint density at radius 2 is 2.28 bits per heavy atom. The molecule has 3 rings (SSSR count). The van der Waals surface area contributed by atoms with Gasteiger partial charge in [0.15, 0.2) is 5.82 Å². The third-order valence-electron chi connectivity index (χ3n) is 3.78. The zero-order valence-electron chi connectivity index (χ0n) is 10.7. The van der Waals surface area contributed by atoms with Gasteiger partial charge in [0.1, 0.15) is 5.01 Å². The molecule has 1 atom stereocenters. The summed E-state index contributed by atoms with van der Waals surface area (Å²) < 4.78 is 1.96. The number of hydrogen-bond acceptors (Lipinski definition) is 5. The van der Waals surface area contributed by atoms with E-state index in [2.05, 4.69) is 22.2 Å². The number of fused-ring (bicyclic) bond motifs is 1. The number of rotatable bonds is 5. The molecule has 1 aliphatic rings. The van der Waals surface area contributed by atoms with Crippen molar-refractivity contribution < 1.29 is 0 Å². The summed E-state index contributed by atoms with van der Waals surface area (Å²) in [7, 11) is 0. The molecule has 1 fully saturated rings. The number of aromatic nitrogens is 4. The first-order valence-corrected chi connectivity index (χ1v) is 7.50. The molecular formula is C12H19N5S. The van der Waals surface area contributed by atoms with Crippen LogP contribution in [0.3, 0.4) is 0 Å². The van der Waals surface area contributed by atoms with Gasteiger partial charge in [0, 0.05) is 12.3 Å². The molecule has 0 spiro atoms. The minimum absolute atomic E-state index is 0.561. The van der Waals surface area contributed by atoms with E-state index in [0.29, 0.717) is 11.8 Å². The van der Waals surface area contributed by atoms with Crippen molar-refractivity contribution in [3.05, 3.63) is 10.8 Å². The highest BCUT2D eigenvalue weighted by atomic mass is 32.1. The average Bonchev–Trinajstić information content (AvgIpc) is 2.85. The Hall–Kier alpha value is -1.01. The highest BCUT2D eigenvalue weighted by Crippen LogP contribution is 2.35. The highest BCUT2D eigenvalue weighted by molar-refractivity contribution is 7.16. The minimum atomic E-state index is 0.561. The van der Waals surface area contributed by atoms with Crippen molar-refractivity contribution in [2.75, 3.05) is 6.54 Å². The van der Waals surface area contributed by atoms with E-state index in [1.54, 1.807) is 11.3 Å². The normalized spacial score (nSPS) is 18.1. The van der Waals surface area contributed by atoms with E-state index >= 15 is 0 Å². The van der Waals surface area contributed by atoms with Crippen LogP contribution in [0.4, 0.5) is 0 Å². The fourth-order valence-corrected chi connectivity index (χ4v) is 3.04. The molecule has 0 saturated heterocycles. The van der Waals surface area contributed by atoms with Crippen LogP contribution in [0.15, 0.2) is 0 Å². The first kappa shape index (κ1) is 12.0. The van der Waals surface area contributed by atoms with Gasteiger partial charge in [-0.15, -0.1) is 10.2 Å². The molecule has 0 amide bonds. The van der Waals surface area contributed by atoms with Gasteiger partial charge in [-0.1, -0.05) is 24.7 Å². The topological polar surface area (TPSA) is 69.1 Å². The summed E-state index contributed by atoms with van der Waals surface area (Å²) in [6.07, 6.45) is 5.87. The van der Waals surface area contributed by atoms with E-state index in [9.17, 15) is 0 Å². The second kappa shape index (κ2) is 4.93. The maximum absolute atomic E-state index is 5.64. The first-order valence-electron chi connectivity index (χ1n) is 6.69. The third-order valence-corrected chi connectivity index (χ3v) is 4.74. The van der Waals surface area contributed by atoms with Gasteiger partial charge in [0.2, 0.25) is 4.96 Å². The zero-order valence-corrected chi connectivity index (χ0v) is 11.5. The fourth-order valence-electron chi connectivity index (χ4n) is 2.18. The van der Waals surface area contributed by atoms with Crippen LogP contribution in [-0.2, 0) is 6.42 Å². The lowest BCUT2D eigenvalue weighted by Crippen LogP contribution is -2.13. The van der Waals surface area contributed by atoms with Gasteiger partial charge in [-0.05, 0) is 31.7 Å². The molecule has 0 aromatic carbocycles. The smallest absolute Gasteiger partial charge is 0.234 e. The summed E-state index contributed by atoms with van der Waals surface area (Å²) >= 11 is 1.66. The van der Waals surface area contributed by atoms with Gasteiger partial charge in [0.05, 0.1) is 0 Å². The number of aryl methyl sites for hydroxylation is 1. The van der Waals surface area contributed by atoms with E-state index in [-0.39, 0.29) is 0 Å². The van der Waals surface area contributed by atoms with E-state index in [1.807, 2.05) is 4.52 Å². The second-order valence-electron chi connectivity index (χ2n) is 5.26. The Balaban J connectivity index is 1.76. The molecule has 2 N–H and O–H groups in total. The van der Waals surface area contributed by atoms with Crippen LogP contribution in [0.25, 0.3) is 4.96 Å². The molecule has 6 heteroatoms. The summed E-state index contributed by atoms with van der Waals surface area (Å²) in [6, 6.07) is 0. The van der Waals surface area contributed by atoms with Gasteiger partial charge in [0.25, 0.3) is 0 Å². The predicted molar refractivity (Wildman–Crippen MR) is 71.8 cm³/mol. The highest BCUT2D eigenvalue weighted by Gasteiger charge is 2.26. The number of hydrogen-bond donors (Lipinski definition) is 1. The molecule has 5 nitrogen and oxygen atoms in total. The standard InChI is InChI=1S/C12H19N5S/c1-8(7-13)5-6-10-16-17-11(9-3-2-4-9)14-15-12(17)18-10/h8-9H,2-7,13H2,1H3. The Labute approximate surface area is 110 Å². The molecule has 1 unspecified atom stereocenters. The largest absolute Gasteiger partial charge is 0.330 e. The van der Waals surface area contributed by atoms with Crippen molar-refractivity contribution in [3.8, 4) is 0 Å². The van der Waals surface area contributed by atoms with Crippen LogP contribution in [0.5, 0.6) is 0 Å². The van der Waals surface area contributed by atoms with Crippen molar-refractivity contribution in [1.82, 2.24) is 19.8 Å². The first-order chi connectivity index (χ1) is 8.78. The molecule has 1 saturated carbocycles. The van der Waals surface area contributed by atoms with Crippen molar-refractivity contribution in [1.29, 1.82) is 0 Å². The van der Waals surface area contributed by atoms with Gasteiger partial charge in [-0.25, -0.2) is 0 Å². The number of nitrogens with two attached hydrogens (primary N) is 1. The summed E-state index contributed by atoms with van der Waals surface area (Å²) in [5, 5.41) is 14.3. The van der Waals surface area contributed by atoms with E-state index in [1.165, 1.54) is 19.3 Å². The lowest BCUT2D eigenvalue weighted by Gasteiger charge is -2.22. The Kier molecular flexibility index (Phi) is 3.30. The van der Waals surface area contributed by atoms with Crippen LogP contribution in [0.2, 0.25) is 0 Å². The molecule has 1 aliphatic carbocycles. The zero-order chi connectivity index (χ0) is 12.5. The lowest BCUT2D eigenvalue weighted by atomic mass is 9.85. The van der Waals surface area contributed by atoms with Crippen LogP contribution >= 0.6 is 11.3 Å². The monoisotopic (exact) mass is 265 g/mol. The Morgan fingerprint density at radius 3 is 2.94 bits per heavy atom. The minimum Gasteiger partial charge on any atom is -0.330 e. The van der Waals surface area contributed by atoms with Gasteiger partial charge in [-0.2, -0.15) is 9.61 Å². The van der Waals surface area contributed by atoms with Crippen molar-refractivity contribution in [3.63, 3.8) is 0 Å². The maximum atomic E-state index is 5.64. The third kappa shape index (κ3) is 2.14. The van der Waals surface area contributed by atoms with Crippen molar-refractivity contribution >= 4 is 16.3 Å². The molecule has 0 aliphatic heterocycles. The molecule has 2 aromatic heterocycles. The summed E-state index contributed by atoms with van der Waals surface area (Å²) in [6.45, 7) is 2.93. The van der Waals surface area contributed by atoms with Crippen molar-refractivity contribution in [2.24, 2.45) is 11.7 Å². The van der Waals surface area contributed by atoms with Gasteiger partial charge >= 0.3 is 0 Å². The van der Waals surface area contributed by atoms with Crippen LogP contribution < -0.4 is 5.73 Å². The molecule has 0 bridgehead atoms. The summed E-state index contributed by atoms with van der Waals surface area (Å²) in [5.41, 5.74) is 5.64. The van der Waals surface area contributed by atoms with E-state index in [4.69, 9.17) is 5.73 Å². The van der Waals surface area contributed by atoms with E-state index < -0.39 is 0 Å². The average molecular weight is 265 g/mol. The molecule has 18 heavy (non-hydrogen) atoms. The molecular weight excluding hydrogens is 246 g/mol. The Morgan fingerprint density at radius 1 is 1.44 bits per heavy atom. The molecule has 98 valence electrons. The summed E-state index contributed by atoms with van der Waals surface area (Å²) in [4.78, 5) is 0.937. The predicted octanol–water partition coefficient (Wildman–Crippen LogP) is 1.98. The van der Waals surface area contributed by atoms with Crippen molar-refractivity contribution in [2.45, 2.75) is 44.9 Å². The van der Waals surface area contributed by atoms with Crippen LogP contribution in [-0.4, -0.2) is 26.4 Å². The second-order valence-corrected chi connectivity index (χ2v) is 6.30. The Bertz CT molecular complexity index is 528. The van der Waals surface area contributed by atoms with E-state index in [0.717, 1.165) is 35.2 Å². The number of nitrogens with zero attached hydrogens (tertiary/aromatic N) is 4. The fraction of sp³-hybridized carbons (Fsp3) is 0.750. The quantitative estimate of drug-likeness (QED) is 0.897. The van der Waals surface area contributed by atoms with Crippen LogP contribution in [0, 0.1) is 5.92 Å².